The molecule has 152 valence electrons. The third-order valence-electron chi connectivity index (χ3n) is 4.68. The Hall–Kier alpha value is -4.11. The van der Waals surface area contributed by atoms with Crippen molar-refractivity contribution in [2.75, 3.05) is 5.32 Å². The molecule has 5 aromatic rings. The zero-order valence-corrected chi connectivity index (χ0v) is 17.2. The van der Waals surface area contributed by atoms with Crippen LogP contribution in [0.25, 0.3) is 27.7 Å². The maximum absolute atomic E-state index is 12.8. The Labute approximate surface area is 181 Å². The van der Waals surface area contributed by atoms with Gasteiger partial charge in [-0.2, -0.15) is 5.10 Å². The second kappa shape index (κ2) is 7.96. The van der Waals surface area contributed by atoms with Crippen molar-refractivity contribution in [3.63, 3.8) is 0 Å². The number of aromatic nitrogens is 5. The quantitative estimate of drug-likeness (QED) is 0.439. The van der Waals surface area contributed by atoms with E-state index in [-0.39, 0.29) is 5.91 Å². The van der Waals surface area contributed by atoms with Gasteiger partial charge in [0, 0.05) is 28.4 Å². The molecule has 0 saturated heterocycles. The molecule has 0 unspecified atom stereocenters. The van der Waals surface area contributed by atoms with Crippen molar-refractivity contribution in [2.45, 2.75) is 6.92 Å². The maximum Gasteiger partial charge on any atom is 0.275 e. The van der Waals surface area contributed by atoms with E-state index in [2.05, 4.69) is 25.6 Å². The SMILES string of the molecule is Cc1ccc(-c2nnco2)cc1NC(=O)c1csc(-c2cnn(-c3ccccc3)c2)n1. The van der Waals surface area contributed by atoms with Crippen molar-refractivity contribution in [1.82, 2.24) is 25.0 Å². The Morgan fingerprint density at radius 1 is 1.13 bits per heavy atom. The first-order valence-electron chi connectivity index (χ1n) is 9.42. The summed E-state index contributed by atoms with van der Waals surface area (Å²) < 4.78 is 7.02. The molecule has 3 heterocycles. The van der Waals surface area contributed by atoms with Crippen LogP contribution in [0.1, 0.15) is 16.1 Å². The van der Waals surface area contributed by atoms with E-state index in [0.29, 0.717) is 17.3 Å². The van der Waals surface area contributed by atoms with Crippen molar-refractivity contribution in [3.05, 3.63) is 84.0 Å². The Kier molecular flexibility index (Phi) is 4.85. The van der Waals surface area contributed by atoms with Gasteiger partial charge in [-0.3, -0.25) is 4.79 Å². The molecule has 0 aliphatic carbocycles. The molecule has 0 saturated carbocycles. The Morgan fingerprint density at radius 2 is 2.00 bits per heavy atom. The average molecular weight is 428 g/mol. The highest BCUT2D eigenvalue weighted by molar-refractivity contribution is 7.13. The van der Waals surface area contributed by atoms with Crippen LogP contribution in [0, 0.1) is 6.92 Å². The summed E-state index contributed by atoms with van der Waals surface area (Å²) in [5.74, 6) is 0.102. The summed E-state index contributed by atoms with van der Waals surface area (Å²) in [6.45, 7) is 1.91. The second-order valence-electron chi connectivity index (χ2n) is 6.77. The summed E-state index contributed by atoms with van der Waals surface area (Å²) in [5, 5.41) is 17.4. The number of anilines is 1. The molecule has 8 nitrogen and oxygen atoms in total. The van der Waals surface area contributed by atoms with E-state index in [1.807, 2.05) is 55.6 Å². The molecule has 31 heavy (non-hydrogen) atoms. The lowest BCUT2D eigenvalue weighted by atomic mass is 10.1. The van der Waals surface area contributed by atoms with Gasteiger partial charge in [0.1, 0.15) is 10.7 Å². The second-order valence-corrected chi connectivity index (χ2v) is 7.63. The number of nitrogens with zero attached hydrogens (tertiary/aromatic N) is 5. The molecule has 5 rings (SSSR count). The molecule has 1 amide bonds. The first-order chi connectivity index (χ1) is 15.2. The number of carbonyl (C=O) groups excluding carboxylic acids is 1. The molecule has 9 heteroatoms. The fourth-order valence-corrected chi connectivity index (χ4v) is 3.82. The van der Waals surface area contributed by atoms with Crippen molar-refractivity contribution in [3.8, 4) is 27.7 Å². The molecule has 0 spiro atoms. The predicted octanol–water partition coefficient (Wildman–Crippen LogP) is 4.61. The highest BCUT2D eigenvalue weighted by Crippen LogP contribution is 2.27. The van der Waals surface area contributed by atoms with Crippen LogP contribution in [-0.2, 0) is 0 Å². The highest BCUT2D eigenvalue weighted by atomic mass is 32.1. The first kappa shape index (κ1) is 18.9. The van der Waals surface area contributed by atoms with Crippen LogP contribution in [0.3, 0.4) is 0 Å². The van der Waals surface area contributed by atoms with E-state index in [1.54, 1.807) is 22.3 Å². The molecule has 0 fully saturated rings. The Morgan fingerprint density at radius 3 is 2.81 bits per heavy atom. The number of hydrogen-bond donors (Lipinski definition) is 1. The van der Waals surface area contributed by atoms with Crippen LogP contribution < -0.4 is 5.32 Å². The number of hydrogen-bond acceptors (Lipinski definition) is 7. The molecule has 0 atom stereocenters. The number of benzene rings is 2. The molecular formula is C22H16N6O2S. The van der Waals surface area contributed by atoms with Gasteiger partial charge in [0.05, 0.1) is 11.9 Å². The lowest BCUT2D eigenvalue weighted by molar-refractivity contribution is 0.102. The average Bonchev–Trinajstić information content (AvgIpc) is 3.56. The van der Waals surface area contributed by atoms with Gasteiger partial charge < -0.3 is 9.73 Å². The van der Waals surface area contributed by atoms with E-state index in [4.69, 9.17) is 4.42 Å². The third-order valence-corrected chi connectivity index (χ3v) is 5.57. The van der Waals surface area contributed by atoms with E-state index < -0.39 is 0 Å². The summed E-state index contributed by atoms with van der Waals surface area (Å²) in [6, 6.07) is 15.4. The van der Waals surface area contributed by atoms with Crippen LogP contribution >= 0.6 is 11.3 Å². The van der Waals surface area contributed by atoms with Gasteiger partial charge in [0.15, 0.2) is 0 Å². The maximum atomic E-state index is 12.8. The van der Waals surface area contributed by atoms with Gasteiger partial charge in [-0.05, 0) is 36.8 Å². The third kappa shape index (κ3) is 3.86. The van der Waals surface area contributed by atoms with Gasteiger partial charge in [-0.1, -0.05) is 24.3 Å². The number of para-hydroxylation sites is 1. The largest absolute Gasteiger partial charge is 0.423 e. The number of carbonyl (C=O) groups is 1. The topological polar surface area (TPSA) is 98.7 Å². The summed E-state index contributed by atoms with van der Waals surface area (Å²) >= 11 is 1.40. The molecular weight excluding hydrogens is 412 g/mol. The Bertz CT molecular complexity index is 1340. The minimum Gasteiger partial charge on any atom is -0.423 e. The normalized spacial score (nSPS) is 10.9. The summed E-state index contributed by atoms with van der Waals surface area (Å²) in [6.07, 6.45) is 4.91. The van der Waals surface area contributed by atoms with Crippen LogP contribution in [0.15, 0.2) is 77.1 Å². The number of aryl methyl sites for hydroxylation is 1. The van der Waals surface area contributed by atoms with E-state index in [1.165, 1.54) is 17.7 Å². The van der Waals surface area contributed by atoms with Gasteiger partial charge in [-0.25, -0.2) is 9.67 Å². The lowest BCUT2D eigenvalue weighted by Crippen LogP contribution is -2.13. The predicted molar refractivity (Wildman–Crippen MR) is 117 cm³/mol. The van der Waals surface area contributed by atoms with Gasteiger partial charge in [-0.15, -0.1) is 21.5 Å². The standard InChI is InChI=1S/C22H16N6O2S/c1-14-7-8-15(21-27-23-13-30-21)9-18(14)25-20(29)19-12-31-22(26-19)16-10-24-28(11-16)17-5-3-2-4-6-17/h2-13H,1H3,(H,25,29). The molecule has 1 N–H and O–H groups in total. The molecule has 0 bridgehead atoms. The minimum atomic E-state index is -0.288. The van der Waals surface area contributed by atoms with Gasteiger partial charge >= 0.3 is 0 Å². The lowest BCUT2D eigenvalue weighted by Gasteiger charge is -2.08. The van der Waals surface area contributed by atoms with E-state index in [9.17, 15) is 4.79 Å². The van der Waals surface area contributed by atoms with Gasteiger partial charge in [0.25, 0.3) is 5.91 Å². The zero-order valence-electron chi connectivity index (χ0n) is 16.4. The number of amides is 1. The molecule has 0 aliphatic heterocycles. The Balaban J connectivity index is 1.35. The number of thiazole rings is 1. The minimum absolute atomic E-state index is 0.288. The summed E-state index contributed by atoms with van der Waals surface area (Å²) in [7, 11) is 0. The smallest absolute Gasteiger partial charge is 0.275 e. The van der Waals surface area contributed by atoms with Crippen molar-refractivity contribution >= 4 is 22.9 Å². The van der Waals surface area contributed by atoms with Gasteiger partial charge in [0.2, 0.25) is 12.3 Å². The van der Waals surface area contributed by atoms with Crippen LogP contribution in [0.5, 0.6) is 0 Å². The number of nitrogens with one attached hydrogen (secondary N) is 1. The van der Waals surface area contributed by atoms with E-state index in [0.717, 1.165) is 27.4 Å². The molecule has 0 aliphatic rings. The molecule has 3 aromatic heterocycles. The van der Waals surface area contributed by atoms with Crippen molar-refractivity contribution in [2.24, 2.45) is 0 Å². The van der Waals surface area contributed by atoms with E-state index >= 15 is 0 Å². The van der Waals surface area contributed by atoms with Crippen LogP contribution in [0.2, 0.25) is 0 Å². The fourth-order valence-electron chi connectivity index (χ4n) is 3.04. The monoisotopic (exact) mass is 428 g/mol. The molecule has 2 aromatic carbocycles. The summed E-state index contributed by atoms with van der Waals surface area (Å²) in [4.78, 5) is 17.3. The molecule has 0 radical (unpaired) electrons. The zero-order chi connectivity index (χ0) is 21.2. The summed E-state index contributed by atoms with van der Waals surface area (Å²) in [5.41, 5.74) is 4.45. The van der Waals surface area contributed by atoms with Crippen molar-refractivity contribution < 1.29 is 9.21 Å². The van der Waals surface area contributed by atoms with Crippen molar-refractivity contribution in [1.29, 1.82) is 0 Å². The van der Waals surface area contributed by atoms with Crippen LogP contribution in [-0.4, -0.2) is 30.9 Å². The highest BCUT2D eigenvalue weighted by Gasteiger charge is 2.15. The van der Waals surface area contributed by atoms with Crippen LogP contribution in [0.4, 0.5) is 5.69 Å². The fraction of sp³-hybridized carbons (Fsp3) is 0.0455. The first-order valence-corrected chi connectivity index (χ1v) is 10.3. The number of rotatable bonds is 5.